The van der Waals surface area contributed by atoms with E-state index >= 15 is 0 Å². The molecule has 1 heterocycles. The summed E-state index contributed by atoms with van der Waals surface area (Å²) in [5, 5.41) is 16.3. The largest absolute Gasteiger partial charge is 0.464 e. The Labute approximate surface area is 102 Å². The van der Waals surface area contributed by atoms with E-state index in [-0.39, 0.29) is 4.90 Å². The van der Waals surface area contributed by atoms with Crippen molar-refractivity contribution >= 4 is 29.6 Å². The molecule has 6 nitrogen and oxygen atoms in total. The first kappa shape index (κ1) is 14.0. The molecule has 0 radical (unpaired) electrons. The highest BCUT2D eigenvalue weighted by molar-refractivity contribution is 6.31. The standard InChI is InChI=1S/C8H4ClF3N2O4/c9-3-1-2-4(13-5(3)8(10,11)12)14(6(15)16)7(17)18/h1-2H,(H,15,16)(H,17,18). The van der Waals surface area contributed by atoms with Crippen LogP contribution in [0.2, 0.25) is 5.02 Å². The number of alkyl halides is 3. The second kappa shape index (κ2) is 4.69. The van der Waals surface area contributed by atoms with Crippen molar-refractivity contribution in [3.05, 3.63) is 22.8 Å². The van der Waals surface area contributed by atoms with Gasteiger partial charge in [-0.2, -0.15) is 18.1 Å². The molecule has 0 unspecified atom stereocenters. The highest BCUT2D eigenvalue weighted by atomic mass is 35.5. The molecule has 98 valence electrons. The van der Waals surface area contributed by atoms with Crippen molar-refractivity contribution in [2.45, 2.75) is 6.18 Å². The van der Waals surface area contributed by atoms with Gasteiger partial charge in [-0.3, -0.25) is 0 Å². The minimum absolute atomic E-state index is 0.356. The highest BCUT2D eigenvalue weighted by Crippen LogP contribution is 2.34. The van der Waals surface area contributed by atoms with Crippen LogP contribution in [0.15, 0.2) is 12.1 Å². The number of rotatable bonds is 1. The van der Waals surface area contributed by atoms with Crippen molar-refractivity contribution in [2.24, 2.45) is 0 Å². The predicted molar refractivity (Wildman–Crippen MR) is 52.8 cm³/mol. The third-order valence-corrected chi connectivity index (χ3v) is 2.02. The van der Waals surface area contributed by atoms with Crippen LogP contribution in [0.25, 0.3) is 0 Å². The quantitative estimate of drug-likeness (QED) is 0.827. The lowest BCUT2D eigenvalue weighted by Gasteiger charge is -2.15. The SMILES string of the molecule is O=C(O)N(C(=O)O)c1ccc(Cl)c(C(F)(F)F)n1. The van der Waals surface area contributed by atoms with Gasteiger partial charge in [-0.1, -0.05) is 11.6 Å². The van der Waals surface area contributed by atoms with Crippen molar-refractivity contribution in [3.8, 4) is 0 Å². The van der Waals surface area contributed by atoms with Crippen LogP contribution in [0.5, 0.6) is 0 Å². The molecule has 0 saturated heterocycles. The minimum atomic E-state index is -4.92. The summed E-state index contributed by atoms with van der Waals surface area (Å²) in [4.78, 5) is 23.7. The number of aromatic nitrogens is 1. The Bertz CT molecular complexity index is 492. The molecule has 1 aromatic heterocycles. The van der Waals surface area contributed by atoms with E-state index in [9.17, 15) is 22.8 Å². The summed E-state index contributed by atoms with van der Waals surface area (Å²) in [6.45, 7) is 0. The van der Waals surface area contributed by atoms with Crippen LogP contribution in [0.3, 0.4) is 0 Å². The molecule has 1 aromatic rings. The molecular formula is C8H4ClF3N2O4. The maximum atomic E-state index is 12.4. The van der Waals surface area contributed by atoms with E-state index in [1.165, 1.54) is 0 Å². The molecule has 0 spiro atoms. The van der Waals surface area contributed by atoms with Crippen molar-refractivity contribution < 1.29 is 33.0 Å². The Morgan fingerprint density at radius 3 is 2.11 bits per heavy atom. The van der Waals surface area contributed by atoms with E-state index in [2.05, 4.69) is 4.98 Å². The zero-order valence-corrected chi connectivity index (χ0v) is 9.03. The summed E-state index contributed by atoms with van der Waals surface area (Å²) >= 11 is 5.25. The Balaban J connectivity index is 3.35. The van der Waals surface area contributed by atoms with E-state index < -0.39 is 34.9 Å². The van der Waals surface area contributed by atoms with E-state index in [1.807, 2.05) is 0 Å². The van der Waals surface area contributed by atoms with Gasteiger partial charge in [-0.25, -0.2) is 14.6 Å². The second-order valence-electron chi connectivity index (χ2n) is 2.90. The molecule has 0 saturated carbocycles. The number of pyridine rings is 1. The molecule has 0 aliphatic carbocycles. The number of hydrogen-bond acceptors (Lipinski definition) is 3. The number of carboxylic acid groups (broad SMARTS) is 2. The molecule has 0 aromatic carbocycles. The zero-order chi connectivity index (χ0) is 14.1. The van der Waals surface area contributed by atoms with Crippen LogP contribution in [-0.4, -0.2) is 27.4 Å². The fraction of sp³-hybridized carbons (Fsp3) is 0.125. The minimum Gasteiger partial charge on any atom is -0.464 e. The molecule has 2 N–H and O–H groups in total. The third-order valence-electron chi connectivity index (χ3n) is 1.71. The van der Waals surface area contributed by atoms with Gasteiger partial charge in [0.05, 0.1) is 5.02 Å². The first-order chi connectivity index (χ1) is 8.14. The molecular weight excluding hydrogens is 281 g/mol. The number of amides is 2. The van der Waals surface area contributed by atoms with Gasteiger partial charge >= 0.3 is 18.4 Å². The maximum absolute atomic E-state index is 12.4. The number of hydrogen-bond donors (Lipinski definition) is 2. The number of anilines is 1. The molecule has 0 bridgehead atoms. The molecule has 18 heavy (non-hydrogen) atoms. The van der Waals surface area contributed by atoms with Crippen LogP contribution >= 0.6 is 11.6 Å². The van der Waals surface area contributed by atoms with Crippen molar-refractivity contribution in [3.63, 3.8) is 0 Å². The van der Waals surface area contributed by atoms with Crippen LogP contribution in [-0.2, 0) is 6.18 Å². The smallest absolute Gasteiger partial charge is 0.434 e. The van der Waals surface area contributed by atoms with Crippen LogP contribution in [0.4, 0.5) is 28.6 Å². The summed E-state index contributed by atoms with van der Waals surface area (Å²) in [7, 11) is 0. The van der Waals surface area contributed by atoms with Crippen LogP contribution in [0, 0.1) is 0 Å². The van der Waals surface area contributed by atoms with Gasteiger partial charge < -0.3 is 10.2 Å². The fourth-order valence-electron chi connectivity index (χ4n) is 1.03. The van der Waals surface area contributed by atoms with E-state index in [0.29, 0.717) is 6.07 Å². The third kappa shape index (κ3) is 2.80. The Kier molecular flexibility index (Phi) is 3.65. The van der Waals surface area contributed by atoms with Crippen molar-refractivity contribution in [1.82, 2.24) is 4.98 Å². The Morgan fingerprint density at radius 2 is 1.72 bits per heavy atom. The van der Waals surface area contributed by atoms with Crippen LogP contribution < -0.4 is 4.90 Å². The number of nitrogens with zero attached hydrogens (tertiary/aromatic N) is 2. The second-order valence-corrected chi connectivity index (χ2v) is 3.31. The number of halogens is 4. The summed E-state index contributed by atoms with van der Waals surface area (Å²) < 4.78 is 37.3. The average molecular weight is 285 g/mol. The molecule has 0 atom stereocenters. The summed E-state index contributed by atoms with van der Waals surface area (Å²) in [6, 6.07) is 1.46. The monoisotopic (exact) mass is 284 g/mol. The molecule has 0 fully saturated rings. The number of imide groups is 1. The Hall–Kier alpha value is -2.03. The molecule has 0 aliphatic rings. The number of carbonyl (C=O) groups is 2. The normalized spacial score (nSPS) is 11.1. The van der Waals surface area contributed by atoms with Gasteiger partial charge in [0.15, 0.2) is 5.69 Å². The molecule has 10 heteroatoms. The summed E-state index contributed by atoms with van der Waals surface area (Å²) in [6.07, 6.45) is -8.88. The van der Waals surface area contributed by atoms with Gasteiger partial charge in [-0.05, 0) is 12.1 Å². The first-order valence-corrected chi connectivity index (χ1v) is 4.52. The van der Waals surface area contributed by atoms with Gasteiger partial charge in [-0.15, -0.1) is 0 Å². The summed E-state index contributed by atoms with van der Waals surface area (Å²) in [5.41, 5.74) is -1.56. The molecule has 0 aliphatic heterocycles. The average Bonchev–Trinajstić information content (AvgIpc) is 2.17. The first-order valence-electron chi connectivity index (χ1n) is 4.14. The maximum Gasteiger partial charge on any atom is 0.434 e. The topological polar surface area (TPSA) is 90.7 Å². The van der Waals surface area contributed by atoms with Gasteiger partial charge in [0.25, 0.3) is 0 Å². The van der Waals surface area contributed by atoms with Crippen molar-refractivity contribution in [2.75, 3.05) is 4.90 Å². The van der Waals surface area contributed by atoms with Gasteiger partial charge in [0.1, 0.15) is 5.82 Å². The zero-order valence-electron chi connectivity index (χ0n) is 8.27. The van der Waals surface area contributed by atoms with Gasteiger partial charge in [0.2, 0.25) is 0 Å². The van der Waals surface area contributed by atoms with Gasteiger partial charge in [0, 0.05) is 0 Å². The van der Waals surface area contributed by atoms with E-state index in [1.54, 1.807) is 0 Å². The molecule has 2 amide bonds. The van der Waals surface area contributed by atoms with Crippen LogP contribution in [0.1, 0.15) is 5.69 Å². The lowest BCUT2D eigenvalue weighted by molar-refractivity contribution is -0.141. The predicted octanol–water partition coefficient (Wildman–Crippen LogP) is 2.92. The van der Waals surface area contributed by atoms with Crippen molar-refractivity contribution in [1.29, 1.82) is 0 Å². The fourth-order valence-corrected chi connectivity index (χ4v) is 1.25. The molecule has 1 rings (SSSR count). The van der Waals surface area contributed by atoms with E-state index in [4.69, 9.17) is 21.8 Å². The highest BCUT2D eigenvalue weighted by Gasteiger charge is 2.37. The summed E-state index contributed by atoms with van der Waals surface area (Å²) in [5.74, 6) is -0.910. The van der Waals surface area contributed by atoms with E-state index in [0.717, 1.165) is 6.07 Å². The lowest BCUT2D eigenvalue weighted by atomic mass is 10.3. The lowest BCUT2D eigenvalue weighted by Crippen LogP contribution is -2.35. The Morgan fingerprint density at radius 1 is 1.22 bits per heavy atom.